The van der Waals surface area contributed by atoms with Crippen molar-refractivity contribution < 1.29 is 0 Å². The molecule has 118 valence electrons. The van der Waals surface area contributed by atoms with Crippen LogP contribution in [0, 0.1) is 11.3 Å². The Morgan fingerprint density at radius 2 is 1.75 bits per heavy atom. The third kappa shape index (κ3) is 3.76. The van der Waals surface area contributed by atoms with Gasteiger partial charge in [0.1, 0.15) is 0 Å². The van der Waals surface area contributed by atoms with Crippen molar-refractivity contribution >= 4 is 0 Å². The van der Waals surface area contributed by atoms with Gasteiger partial charge in [-0.3, -0.25) is 4.90 Å². The third-order valence-corrected chi connectivity index (χ3v) is 6.29. The van der Waals surface area contributed by atoms with Crippen molar-refractivity contribution in [3.63, 3.8) is 0 Å². The fourth-order valence-corrected chi connectivity index (χ4v) is 4.44. The summed E-state index contributed by atoms with van der Waals surface area (Å²) < 4.78 is 0. The van der Waals surface area contributed by atoms with Crippen LogP contribution in [-0.4, -0.2) is 37.1 Å². The van der Waals surface area contributed by atoms with Gasteiger partial charge in [0, 0.05) is 18.6 Å². The van der Waals surface area contributed by atoms with E-state index in [-0.39, 0.29) is 0 Å². The van der Waals surface area contributed by atoms with Crippen LogP contribution >= 0.6 is 0 Å². The maximum absolute atomic E-state index is 3.41. The highest BCUT2D eigenvalue weighted by Gasteiger charge is 2.35. The molecule has 2 fully saturated rings. The highest BCUT2D eigenvalue weighted by molar-refractivity contribution is 4.90. The molecule has 0 aromatic carbocycles. The lowest BCUT2D eigenvalue weighted by atomic mass is 9.68. The first-order valence-corrected chi connectivity index (χ1v) is 8.99. The van der Waals surface area contributed by atoms with Crippen molar-refractivity contribution in [1.82, 2.24) is 10.2 Å². The summed E-state index contributed by atoms with van der Waals surface area (Å²) in [6.45, 7) is 9.84. The minimum atomic E-state index is 0.553. The number of nitrogens with one attached hydrogen (secondary N) is 1. The molecule has 0 aromatic heterocycles. The Bertz CT molecular complexity index is 277. The Morgan fingerprint density at radius 3 is 2.35 bits per heavy atom. The maximum atomic E-state index is 3.41. The number of piperidine rings is 1. The lowest BCUT2D eigenvalue weighted by Gasteiger charge is -2.46. The van der Waals surface area contributed by atoms with Crippen LogP contribution < -0.4 is 5.32 Å². The average Bonchev–Trinajstić information content (AvgIpc) is 2.48. The molecule has 1 saturated heterocycles. The smallest absolute Gasteiger partial charge is 0.0223 e. The van der Waals surface area contributed by atoms with E-state index in [1.807, 2.05) is 0 Å². The molecule has 1 unspecified atom stereocenters. The van der Waals surface area contributed by atoms with Crippen molar-refractivity contribution in [3.05, 3.63) is 0 Å². The Kier molecular flexibility index (Phi) is 5.92. The van der Waals surface area contributed by atoms with Crippen molar-refractivity contribution in [2.45, 2.75) is 84.2 Å². The van der Waals surface area contributed by atoms with Crippen LogP contribution in [0.2, 0.25) is 0 Å². The standard InChI is InChI=1S/C18H36N2/c1-5-18(2,3)15-9-11-16(12-10-15)20-13-7-6-8-17(20)14-19-4/h15-17,19H,5-14H2,1-4H3. The molecule has 1 saturated carbocycles. The second kappa shape index (κ2) is 7.26. The van der Waals surface area contributed by atoms with Crippen molar-refractivity contribution in [1.29, 1.82) is 0 Å². The van der Waals surface area contributed by atoms with E-state index in [0.29, 0.717) is 5.41 Å². The SMILES string of the molecule is CCC(C)(C)C1CCC(N2CCCCC2CNC)CC1. The Hall–Kier alpha value is -0.0800. The van der Waals surface area contributed by atoms with Gasteiger partial charge in [-0.2, -0.15) is 0 Å². The predicted octanol–water partition coefficient (Wildman–Crippen LogP) is 4.06. The number of rotatable bonds is 5. The van der Waals surface area contributed by atoms with Gasteiger partial charge in [-0.1, -0.05) is 33.6 Å². The highest BCUT2D eigenvalue weighted by Crippen LogP contribution is 2.42. The molecule has 1 aliphatic carbocycles. The molecule has 2 heteroatoms. The molecular weight excluding hydrogens is 244 g/mol. The third-order valence-electron chi connectivity index (χ3n) is 6.29. The predicted molar refractivity (Wildman–Crippen MR) is 88.1 cm³/mol. The summed E-state index contributed by atoms with van der Waals surface area (Å²) in [5, 5.41) is 3.41. The van der Waals surface area contributed by atoms with Gasteiger partial charge in [0.05, 0.1) is 0 Å². The first-order chi connectivity index (χ1) is 9.58. The van der Waals surface area contributed by atoms with E-state index in [9.17, 15) is 0 Å². The lowest BCUT2D eigenvalue weighted by molar-refractivity contribution is 0.0415. The monoisotopic (exact) mass is 280 g/mol. The number of hydrogen-bond donors (Lipinski definition) is 1. The average molecular weight is 280 g/mol. The van der Waals surface area contributed by atoms with Gasteiger partial charge >= 0.3 is 0 Å². The van der Waals surface area contributed by atoms with Crippen LogP contribution in [0.3, 0.4) is 0 Å². The van der Waals surface area contributed by atoms with Gasteiger partial charge in [-0.25, -0.2) is 0 Å². The van der Waals surface area contributed by atoms with Gasteiger partial charge in [-0.15, -0.1) is 0 Å². The van der Waals surface area contributed by atoms with E-state index in [1.54, 1.807) is 0 Å². The zero-order valence-electron chi connectivity index (χ0n) is 14.3. The molecule has 0 bridgehead atoms. The van der Waals surface area contributed by atoms with Crippen molar-refractivity contribution in [2.75, 3.05) is 20.1 Å². The largest absolute Gasteiger partial charge is 0.318 e. The Balaban J connectivity index is 1.89. The van der Waals surface area contributed by atoms with E-state index >= 15 is 0 Å². The van der Waals surface area contributed by atoms with E-state index in [0.717, 1.165) is 18.0 Å². The highest BCUT2D eigenvalue weighted by atomic mass is 15.2. The van der Waals surface area contributed by atoms with Gasteiger partial charge in [0.2, 0.25) is 0 Å². The molecule has 2 rings (SSSR count). The minimum Gasteiger partial charge on any atom is -0.318 e. The molecule has 1 aliphatic heterocycles. The van der Waals surface area contributed by atoms with Crippen LogP contribution in [0.1, 0.15) is 72.1 Å². The first-order valence-electron chi connectivity index (χ1n) is 8.99. The van der Waals surface area contributed by atoms with E-state index in [2.05, 4.69) is 38.0 Å². The second-order valence-electron chi connectivity index (χ2n) is 7.79. The molecule has 2 nitrogen and oxygen atoms in total. The molecule has 0 aromatic rings. The van der Waals surface area contributed by atoms with E-state index in [4.69, 9.17) is 0 Å². The molecule has 0 spiro atoms. The van der Waals surface area contributed by atoms with Crippen LogP contribution in [-0.2, 0) is 0 Å². The van der Waals surface area contributed by atoms with Gasteiger partial charge < -0.3 is 5.32 Å². The quantitative estimate of drug-likeness (QED) is 0.817. The van der Waals surface area contributed by atoms with Gasteiger partial charge in [0.25, 0.3) is 0 Å². The summed E-state index contributed by atoms with van der Waals surface area (Å²) in [6, 6.07) is 1.67. The van der Waals surface area contributed by atoms with Crippen LogP contribution in [0.4, 0.5) is 0 Å². The fraction of sp³-hybridized carbons (Fsp3) is 1.00. The van der Waals surface area contributed by atoms with Crippen LogP contribution in [0.15, 0.2) is 0 Å². The summed E-state index contributed by atoms with van der Waals surface area (Å²) in [4.78, 5) is 2.86. The molecule has 2 aliphatic rings. The first kappa shape index (κ1) is 16.3. The molecule has 1 N–H and O–H groups in total. The maximum Gasteiger partial charge on any atom is 0.0223 e. The summed E-state index contributed by atoms with van der Waals surface area (Å²) in [5.74, 6) is 0.955. The molecule has 0 radical (unpaired) electrons. The van der Waals surface area contributed by atoms with Gasteiger partial charge in [0.15, 0.2) is 0 Å². The molecule has 1 heterocycles. The molecule has 0 amide bonds. The number of hydrogen-bond acceptors (Lipinski definition) is 2. The summed E-state index contributed by atoms with van der Waals surface area (Å²) in [6.07, 6.45) is 11.4. The topological polar surface area (TPSA) is 15.3 Å². The molecule has 20 heavy (non-hydrogen) atoms. The fourth-order valence-electron chi connectivity index (χ4n) is 4.44. The molecular formula is C18H36N2. The Labute approximate surface area is 126 Å². The Morgan fingerprint density at radius 1 is 1.05 bits per heavy atom. The van der Waals surface area contributed by atoms with Gasteiger partial charge in [-0.05, 0) is 63.5 Å². The molecule has 1 atom stereocenters. The van der Waals surface area contributed by atoms with Crippen molar-refractivity contribution in [2.24, 2.45) is 11.3 Å². The van der Waals surface area contributed by atoms with Crippen molar-refractivity contribution in [3.8, 4) is 0 Å². The van der Waals surface area contributed by atoms with Crippen LogP contribution in [0.5, 0.6) is 0 Å². The van der Waals surface area contributed by atoms with E-state index in [1.165, 1.54) is 64.5 Å². The zero-order chi connectivity index (χ0) is 14.6. The summed E-state index contributed by atoms with van der Waals surface area (Å²) >= 11 is 0. The number of nitrogens with zero attached hydrogens (tertiary/aromatic N) is 1. The second-order valence-corrected chi connectivity index (χ2v) is 7.79. The van der Waals surface area contributed by atoms with Crippen LogP contribution in [0.25, 0.3) is 0 Å². The lowest BCUT2D eigenvalue weighted by Crippen LogP contribution is -2.51. The zero-order valence-corrected chi connectivity index (χ0v) is 14.3. The summed E-state index contributed by atoms with van der Waals surface area (Å²) in [7, 11) is 2.10. The normalized spacial score (nSPS) is 33.3. The summed E-state index contributed by atoms with van der Waals surface area (Å²) in [5.41, 5.74) is 0.553. The van der Waals surface area contributed by atoms with E-state index < -0.39 is 0 Å². The number of likely N-dealkylation sites (tertiary alicyclic amines) is 1. The number of likely N-dealkylation sites (N-methyl/N-ethyl adjacent to an activating group) is 1. The minimum absolute atomic E-state index is 0.553.